The number of carbonyl (C=O) groups is 1. The van der Waals surface area contributed by atoms with Gasteiger partial charge in [-0.2, -0.15) is 5.10 Å². The van der Waals surface area contributed by atoms with E-state index in [0.717, 1.165) is 5.56 Å². The second-order valence-corrected chi connectivity index (χ2v) is 5.67. The minimum atomic E-state index is -0.509. The number of para-hydroxylation sites is 1. The molecule has 134 valence electrons. The normalized spacial score (nSPS) is 10.7. The Kier molecular flexibility index (Phi) is 4.40. The van der Waals surface area contributed by atoms with Gasteiger partial charge >= 0.3 is 0 Å². The first kappa shape index (κ1) is 16.6. The van der Waals surface area contributed by atoms with Crippen LogP contribution < -0.4 is 5.32 Å². The quantitative estimate of drug-likeness (QED) is 0.588. The van der Waals surface area contributed by atoms with E-state index in [-0.39, 0.29) is 18.1 Å². The van der Waals surface area contributed by atoms with Crippen molar-refractivity contribution < 1.29 is 9.18 Å². The van der Waals surface area contributed by atoms with Crippen LogP contribution >= 0.6 is 0 Å². The van der Waals surface area contributed by atoms with Crippen molar-refractivity contribution in [3.05, 3.63) is 78.4 Å². The highest BCUT2D eigenvalue weighted by Gasteiger charge is 2.13. The number of nitrogens with one attached hydrogen (secondary N) is 1. The Morgan fingerprint density at radius 3 is 2.59 bits per heavy atom. The van der Waals surface area contributed by atoms with E-state index in [1.807, 2.05) is 30.3 Å². The number of tetrazole rings is 1. The lowest BCUT2D eigenvalue weighted by atomic mass is 10.2. The van der Waals surface area contributed by atoms with E-state index >= 15 is 0 Å². The molecule has 0 bridgehead atoms. The fraction of sp³-hybridized carbons (Fsp3) is 0.0556. The maximum absolute atomic E-state index is 13.6. The molecule has 8 nitrogen and oxygen atoms in total. The predicted octanol–water partition coefficient (Wildman–Crippen LogP) is 2.43. The molecule has 1 N–H and O–H groups in total. The van der Waals surface area contributed by atoms with Crippen molar-refractivity contribution >= 4 is 11.6 Å². The van der Waals surface area contributed by atoms with Crippen LogP contribution in [0.3, 0.4) is 0 Å². The van der Waals surface area contributed by atoms with Crippen LogP contribution in [0.4, 0.5) is 10.1 Å². The molecule has 0 atom stereocenters. The first-order valence-electron chi connectivity index (χ1n) is 8.11. The molecule has 0 unspecified atom stereocenters. The Bertz CT molecular complexity index is 1070. The average Bonchev–Trinajstić information content (AvgIpc) is 3.34. The van der Waals surface area contributed by atoms with Crippen molar-refractivity contribution in [3.63, 3.8) is 0 Å². The minimum absolute atomic E-state index is 0.0995. The molecular formula is C18H14FN7O. The summed E-state index contributed by atoms with van der Waals surface area (Å²) in [4.78, 5) is 13.6. The van der Waals surface area contributed by atoms with E-state index in [2.05, 4.69) is 25.8 Å². The van der Waals surface area contributed by atoms with Crippen LogP contribution in [0.1, 0.15) is 10.5 Å². The summed E-state index contributed by atoms with van der Waals surface area (Å²) in [6, 6.07) is 16.9. The maximum Gasteiger partial charge on any atom is 0.276 e. The van der Waals surface area contributed by atoms with Crippen LogP contribution in [0.25, 0.3) is 11.4 Å². The van der Waals surface area contributed by atoms with Gasteiger partial charge in [-0.1, -0.05) is 42.5 Å². The molecule has 0 aliphatic rings. The number of benzene rings is 2. The highest BCUT2D eigenvalue weighted by Crippen LogP contribution is 2.14. The summed E-state index contributed by atoms with van der Waals surface area (Å²) >= 11 is 0. The number of carbonyl (C=O) groups excluding carboxylic acids is 1. The van der Waals surface area contributed by atoms with Crippen LogP contribution in [0.2, 0.25) is 0 Å². The number of hydrogen-bond donors (Lipinski definition) is 1. The van der Waals surface area contributed by atoms with Gasteiger partial charge in [-0.25, -0.2) is 9.07 Å². The molecule has 0 aliphatic carbocycles. The lowest BCUT2D eigenvalue weighted by molar-refractivity contribution is 0.102. The summed E-state index contributed by atoms with van der Waals surface area (Å²) in [7, 11) is 0. The second kappa shape index (κ2) is 7.16. The average molecular weight is 363 g/mol. The largest absolute Gasteiger partial charge is 0.318 e. The number of halogens is 1. The number of rotatable bonds is 5. The topological polar surface area (TPSA) is 90.5 Å². The van der Waals surface area contributed by atoms with Gasteiger partial charge in [0.25, 0.3) is 5.91 Å². The van der Waals surface area contributed by atoms with Crippen LogP contribution in [0.5, 0.6) is 0 Å². The Morgan fingerprint density at radius 1 is 1.00 bits per heavy atom. The number of amides is 1. The van der Waals surface area contributed by atoms with E-state index in [1.54, 1.807) is 18.3 Å². The zero-order valence-electron chi connectivity index (χ0n) is 14.0. The molecule has 0 spiro atoms. The molecule has 2 aromatic carbocycles. The lowest BCUT2D eigenvalue weighted by Gasteiger charge is -2.04. The fourth-order valence-corrected chi connectivity index (χ4v) is 2.45. The van der Waals surface area contributed by atoms with Crippen LogP contribution in [0.15, 0.2) is 66.9 Å². The highest BCUT2D eigenvalue weighted by molar-refractivity contribution is 6.02. The number of anilines is 1. The van der Waals surface area contributed by atoms with Gasteiger partial charge in [-0.15, -0.1) is 15.0 Å². The van der Waals surface area contributed by atoms with E-state index in [0.29, 0.717) is 5.82 Å². The molecule has 4 aromatic rings. The van der Waals surface area contributed by atoms with E-state index < -0.39 is 11.7 Å². The van der Waals surface area contributed by atoms with Gasteiger partial charge in [0.15, 0.2) is 12.4 Å². The molecule has 2 heterocycles. The third-order valence-electron chi connectivity index (χ3n) is 3.75. The smallest absolute Gasteiger partial charge is 0.276 e. The third-order valence-corrected chi connectivity index (χ3v) is 3.75. The van der Waals surface area contributed by atoms with Gasteiger partial charge in [0, 0.05) is 11.8 Å². The maximum atomic E-state index is 13.6. The summed E-state index contributed by atoms with van der Waals surface area (Å²) in [5.41, 5.74) is 1.11. The summed E-state index contributed by atoms with van der Waals surface area (Å²) in [6.45, 7) is 0.187. The van der Waals surface area contributed by atoms with Gasteiger partial charge in [0.1, 0.15) is 5.82 Å². The number of hydrogen-bond acceptors (Lipinski definition) is 5. The van der Waals surface area contributed by atoms with Crippen LogP contribution in [-0.4, -0.2) is 35.9 Å². The SMILES string of the molecule is O=C(Nc1ccccc1F)c1ccn(Cn2nnc(-c3ccccc3)n2)n1. The molecule has 0 radical (unpaired) electrons. The Balaban J connectivity index is 1.45. The zero-order valence-corrected chi connectivity index (χ0v) is 14.0. The van der Waals surface area contributed by atoms with E-state index in [9.17, 15) is 9.18 Å². The lowest BCUT2D eigenvalue weighted by Crippen LogP contribution is -2.16. The molecule has 9 heteroatoms. The first-order valence-corrected chi connectivity index (χ1v) is 8.11. The highest BCUT2D eigenvalue weighted by atomic mass is 19.1. The second-order valence-electron chi connectivity index (χ2n) is 5.67. The fourth-order valence-electron chi connectivity index (χ4n) is 2.45. The van der Waals surface area contributed by atoms with Crippen LogP contribution in [0, 0.1) is 5.82 Å². The third kappa shape index (κ3) is 3.71. The van der Waals surface area contributed by atoms with Crippen molar-refractivity contribution in [2.24, 2.45) is 0 Å². The molecule has 4 rings (SSSR count). The van der Waals surface area contributed by atoms with Crippen LogP contribution in [-0.2, 0) is 6.67 Å². The number of aromatic nitrogens is 6. The van der Waals surface area contributed by atoms with Crippen molar-refractivity contribution in [1.29, 1.82) is 0 Å². The van der Waals surface area contributed by atoms with Crippen molar-refractivity contribution in [1.82, 2.24) is 30.0 Å². The summed E-state index contributed by atoms with van der Waals surface area (Å²) in [6.07, 6.45) is 1.61. The van der Waals surface area contributed by atoms with E-state index in [4.69, 9.17) is 0 Å². The Morgan fingerprint density at radius 2 is 1.78 bits per heavy atom. The van der Waals surface area contributed by atoms with E-state index in [1.165, 1.54) is 27.7 Å². The van der Waals surface area contributed by atoms with Gasteiger partial charge in [0.2, 0.25) is 5.82 Å². The number of nitrogens with zero attached hydrogens (tertiary/aromatic N) is 6. The Labute approximate surface area is 153 Å². The molecule has 0 saturated carbocycles. The molecule has 0 saturated heterocycles. The summed E-state index contributed by atoms with van der Waals surface area (Å²) in [5, 5.41) is 18.9. The monoisotopic (exact) mass is 363 g/mol. The van der Waals surface area contributed by atoms with Gasteiger partial charge in [-0.3, -0.25) is 4.79 Å². The standard InChI is InChI=1S/C18H14FN7O/c19-14-8-4-5-9-15(14)20-18(27)16-10-11-25(22-16)12-26-23-17(21-24-26)13-6-2-1-3-7-13/h1-11H,12H2,(H,20,27). The molecule has 0 fully saturated rings. The van der Waals surface area contributed by atoms with Gasteiger partial charge in [-0.05, 0) is 23.4 Å². The van der Waals surface area contributed by atoms with Crippen molar-refractivity contribution in [2.45, 2.75) is 6.67 Å². The molecule has 0 aliphatic heterocycles. The van der Waals surface area contributed by atoms with Gasteiger partial charge < -0.3 is 5.32 Å². The molecule has 1 amide bonds. The Hall–Kier alpha value is -3.88. The summed E-state index contributed by atoms with van der Waals surface area (Å²) < 4.78 is 15.1. The first-order chi connectivity index (χ1) is 13.2. The molecule has 27 heavy (non-hydrogen) atoms. The molecular weight excluding hydrogens is 349 g/mol. The van der Waals surface area contributed by atoms with Gasteiger partial charge in [0.05, 0.1) is 5.69 Å². The van der Waals surface area contributed by atoms with Crippen molar-refractivity contribution in [3.8, 4) is 11.4 Å². The zero-order chi connectivity index (χ0) is 18.6. The summed E-state index contributed by atoms with van der Waals surface area (Å²) in [5.74, 6) is -0.513. The van der Waals surface area contributed by atoms with Crippen molar-refractivity contribution in [2.75, 3.05) is 5.32 Å². The molecule has 2 aromatic heterocycles. The predicted molar refractivity (Wildman–Crippen MR) is 95.2 cm³/mol. The minimum Gasteiger partial charge on any atom is -0.318 e.